The predicted molar refractivity (Wildman–Crippen MR) is 47.1 cm³/mol. The van der Waals surface area contributed by atoms with Gasteiger partial charge in [0.25, 0.3) is 0 Å². The lowest BCUT2D eigenvalue weighted by Gasteiger charge is -2.12. The molecule has 0 saturated heterocycles. The smallest absolute Gasteiger partial charge is 0.338 e. The molecule has 2 amide bonds. The summed E-state index contributed by atoms with van der Waals surface area (Å²) in [7, 11) is 3.11. The summed E-state index contributed by atoms with van der Waals surface area (Å²) >= 11 is 0. The van der Waals surface area contributed by atoms with E-state index in [0.29, 0.717) is 0 Å². The Balaban J connectivity index is 2.19. The number of nitrogens with one attached hydrogen (secondary N) is 2. The Hall–Kier alpha value is -0.810. The minimum absolute atomic E-state index is 0.208. The summed E-state index contributed by atoms with van der Waals surface area (Å²) in [4.78, 5) is 15.5. The molecule has 1 aliphatic carbocycles. The van der Waals surface area contributed by atoms with Crippen LogP contribution in [0.1, 0.15) is 19.3 Å². The number of carbonyl (C=O) groups is 1. The molecule has 2 unspecified atom stereocenters. The van der Waals surface area contributed by atoms with Crippen molar-refractivity contribution in [2.45, 2.75) is 31.4 Å². The lowest BCUT2D eigenvalue weighted by Crippen LogP contribution is -2.40. The van der Waals surface area contributed by atoms with Gasteiger partial charge in [-0.3, -0.25) is 4.84 Å². The number of amides is 2. The SMILES string of the molecule is CONC(=O)NC1CCC(OC)C1. The number of hydroxylamine groups is 1. The molecule has 5 nitrogen and oxygen atoms in total. The molecular weight excluding hydrogens is 172 g/mol. The van der Waals surface area contributed by atoms with Crippen molar-refractivity contribution in [3.63, 3.8) is 0 Å². The third-order valence-electron chi connectivity index (χ3n) is 2.25. The summed E-state index contributed by atoms with van der Waals surface area (Å²) in [5.41, 5.74) is 2.21. The van der Waals surface area contributed by atoms with Gasteiger partial charge in [-0.05, 0) is 19.3 Å². The maximum absolute atomic E-state index is 11.0. The molecule has 0 aromatic heterocycles. The lowest BCUT2D eigenvalue weighted by molar-refractivity contribution is 0.100. The van der Waals surface area contributed by atoms with Crippen LogP contribution >= 0.6 is 0 Å². The Morgan fingerprint density at radius 2 is 2.15 bits per heavy atom. The van der Waals surface area contributed by atoms with Crippen LogP contribution in [0.2, 0.25) is 0 Å². The highest BCUT2D eigenvalue weighted by atomic mass is 16.6. The van der Waals surface area contributed by atoms with Gasteiger partial charge < -0.3 is 10.1 Å². The minimum Gasteiger partial charge on any atom is -0.381 e. The molecule has 0 aliphatic heterocycles. The fourth-order valence-electron chi connectivity index (χ4n) is 1.59. The molecule has 0 bridgehead atoms. The van der Waals surface area contributed by atoms with E-state index in [-0.39, 0.29) is 18.2 Å². The summed E-state index contributed by atoms with van der Waals surface area (Å²) < 4.78 is 5.18. The Morgan fingerprint density at radius 3 is 2.69 bits per heavy atom. The van der Waals surface area contributed by atoms with Crippen LogP contribution in [0.15, 0.2) is 0 Å². The molecule has 1 rings (SSSR count). The Labute approximate surface area is 77.7 Å². The Bertz CT molecular complexity index is 175. The van der Waals surface area contributed by atoms with Gasteiger partial charge in [0.2, 0.25) is 0 Å². The van der Waals surface area contributed by atoms with Gasteiger partial charge in [0.15, 0.2) is 0 Å². The molecule has 13 heavy (non-hydrogen) atoms. The quantitative estimate of drug-likeness (QED) is 0.631. The van der Waals surface area contributed by atoms with E-state index in [2.05, 4.69) is 15.6 Å². The van der Waals surface area contributed by atoms with Crippen LogP contribution in [0.4, 0.5) is 4.79 Å². The molecule has 1 fully saturated rings. The Morgan fingerprint density at radius 1 is 1.38 bits per heavy atom. The molecule has 1 aliphatic rings. The number of rotatable bonds is 3. The van der Waals surface area contributed by atoms with Crippen molar-refractivity contribution in [1.29, 1.82) is 0 Å². The number of urea groups is 1. The van der Waals surface area contributed by atoms with Crippen molar-refractivity contribution in [2.75, 3.05) is 14.2 Å². The third-order valence-corrected chi connectivity index (χ3v) is 2.25. The van der Waals surface area contributed by atoms with Gasteiger partial charge in [-0.25, -0.2) is 10.3 Å². The molecule has 0 radical (unpaired) electrons. The monoisotopic (exact) mass is 188 g/mol. The van der Waals surface area contributed by atoms with E-state index in [1.165, 1.54) is 7.11 Å². The predicted octanol–water partition coefficient (Wildman–Crippen LogP) is 0.414. The van der Waals surface area contributed by atoms with Crippen LogP contribution in [0.5, 0.6) is 0 Å². The highest BCUT2D eigenvalue weighted by Crippen LogP contribution is 2.20. The van der Waals surface area contributed by atoms with Crippen molar-refractivity contribution in [3.8, 4) is 0 Å². The molecule has 0 aromatic rings. The third kappa shape index (κ3) is 3.20. The Kier molecular flexibility index (Phi) is 3.98. The van der Waals surface area contributed by atoms with Gasteiger partial charge >= 0.3 is 6.03 Å². The van der Waals surface area contributed by atoms with E-state index in [4.69, 9.17) is 4.74 Å². The number of hydrogen-bond donors (Lipinski definition) is 2. The molecule has 0 aromatic carbocycles. The minimum atomic E-state index is -0.288. The normalized spacial score (nSPS) is 27.2. The highest BCUT2D eigenvalue weighted by molar-refractivity contribution is 5.73. The zero-order chi connectivity index (χ0) is 9.68. The highest BCUT2D eigenvalue weighted by Gasteiger charge is 2.25. The summed E-state index contributed by atoms with van der Waals surface area (Å²) in [5, 5.41) is 2.79. The number of carbonyl (C=O) groups excluding carboxylic acids is 1. The fraction of sp³-hybridized carbons (Fsp3) is 0.875. The first-order valence-electron chi connectivity index (χ1n) is 4.38. The van der Waals surface area contributed by atoms with Crippen molar-refractivity contribution < 1.29 is 14.4 Å². The first kappa shape index (κ1) is 10.3. The molecule has 2 atom stereocenters. The maximum atomic E-state index is 11.0. The van der Waals surface area contributed by atoms with Crippen LogP contribution in [0.25, 0.3) is 0 Å². The van der Waals surface area contributed by atoms with Crippen LogP contribution in [-0.4, -0.2) is 32.4 Å². The van der Waals surface area contributed by atoms with Crippen molar-refractivity contribution in [2.24, 2.45) is 0 Å². The molecule has 2 N–H and O–H groups in total. The van der Waals surface area contributed by atoms with Gasteiger partial charge in [0, 0.05) is 13.2 Å². The van der Waals surface area contributed by atoms with Gasteiger partial charge in [-0.1, -0.05) is 0 Å². The second kappa shape index (κ2) is 5.04. The van der Waals surface area contributed by atoms with E-state index < -0.39 is 0 Å². The van der Waals surface area contributed by atoms with Gasteiger partial charge in [-0.15, -0.1) is 0 Å². The number of hydrogen-bond acceptors (Lipinski definition) is 3. The van der Waals surface area contributed by atoms with Crippen molar-refractivity contribution in [1.82, 2.24) is 10.8 Å². The molecule has 1 saturated carbocycles. The average Bonchev–Trinajstić information content (AvgIpc) is 2.52. The van der Waals surface area contributed by atoms with Crippen molar-refractivity contribution >= 4 is 6.03 Å². The molecule has 0 spiro atoms. The second-order valence-electron chi connectivity index (χ2n) is 3.15. The van der Waals surface area contributed by atoms with E-state index >= 15 is 0 Å². The molecular formula is C8H16N2O3. The zero-order valence-electron chi connectivity index (χ0n) is 8.00. The molecule has 76 valence electrons. The van der Waals surface area contributed by atoms with E-state index in [1.807, 2.05) is 0 Å². The second-order valence-corrected chi connectivity index (χ2v) is 3.15. The van der Waals surface area contributed by atoms with Gasteiger partial charge in [-0.2, -0.15) is 0 Å². The van der Waals surface area contributed by atoms with E-state index in [0.717, 1.165) is 19.3 Å². The number of ether oxygens (including phenoxy) is 1. The van der Waals surface area contributed by atoms with Crippen LogP contribution < -0.4 is 10.8 Å². The van der Waals surface area contributed by atoms with Crippen LogP contribution in [-0.2, 0) is 9.57 Å². The largest absolute Gasteiger partial charge is 0.381 e. The fourth-order valence-corrected chi connectivity index (χ4v) is 1.59. The topological polar surface area (TPSA) is 59.6 Å². The van der Waals surface area contributed by atoms with Gasteiger partial charge in [0.1, 0.15) is 0 Å². The lowest BCUT2D eigenvalue weighted by atomic mass is 10.2. The van der Waals surface area contributed by atoms with Gasteiger partial charge in [0.05, 0.1) is 13.2 Å². The first-order valence-corrected chi connectivity index (χ1v) is 4.38. The van der Waals surface area contributed by atoms with E-state index in [1.54, 1.807) is 7.11 Å². The molecule has 5 heteroatoms. The summed E-state index contributed by atoms with van der Waals surface area (Å²) in [6.45, 7) is 0. The summed E-state index contributed by atoms with van der Waals surface area (Å²) in [5.74, 6) is 0. The summed E-state index contributed by atoms with van der Waals surface area (Å²) in [6, 6.07) is -0.0793. The first-order chi connectivity index (χ1) is 6.26. The zero-order valence-corrected chi connectivity index (χ0v) is 8.00. The standard InChI is InChI=1S/C8H16N2O3/c1-12-7-4-3-6(5-7)9-8(11)10-13-2/h6-7H,3-5H2,1-2H3,(H2,9,10,11). The van der Waals surface area contributed by atoms with E-state index in [9.17, 15) is 4.79 Å². The average molecular weight is 188 g/mol. The van der Waals surface area contributed by atoms with Crippen LogP contribution in [0.3, 0.4) is 0 Å². The van der Waals surface area contributed by atoms with Crippen molar-refractivity contribution in [3.05, 3.63) is 0 Å². The van der Waals surface area contributed by atoms with Crippen LogP contribution in [0, 0.1) is 0 Å². The number of methoxy groups -OCH3 is 1. The summed E-state index contributed by atoms with van der Waals surface area (Å²) in [6.07, 6.45) is 3.14. The maximum Gasteiger partial charge on any atom is 0.338 e. The molecule has 0 heterocycles.